The van der Waals surface area contributed by atoms with Crippen LogP contribution in [0.3, 0.4) is 0 Å². The van der Waals surface area contributed by atoms with Gasteiger partial charge in [-0.1, -0.05) is 36.4 Å². The second kappa shape index (κ2) is 8.36. The molecule has 1 heterocycles. The maximum Gasteiger partial charge on any atom is 0.171 e. The lowest BCUT2D eigenvalue weighted by molar-refractivity contribution is 0.0893. The summed E-state index contributed by atoms with van der Waals surface area (Å²) < 4.78 is 10.9. The van der Waals surface area contributed by atoms with E-state index in [0.29, 0.717) is 17.4 Å². The van der Waals surface area contributed by atoms with Crippen molar-refractivity contribution in [1.29, 1.82) is 0 Å². The third-order valence-electron chi connectivity index (χ3n) is 6.29. The highest BCUT2D eigenvalue weighted by atomic mass is 16.5. The van der Waals surface area contributed by atoms with E-state index in [9.17, 15) is 4.79 Å². The molecule has 0 spiro atoms. The molecule has 0 aromatic heterocycles. The van der Waals surface area contributed by atoms with Crippen molar-refractivity contribution in [2.24, 2.45) is 11.8 Å². The Balaban J connectivity index is 1.35. The van der Waals surface area contributed by atoms with Crippen LogP contribution >= 0.6 is 0 Å². The van der Waals surface area contributed by atoms with Crippen molar-refractivity contribution in [3.05, 3.63) is 59.2 Å². The van der Waals surface area contributed by atoms with Gasteiger partial charge < -0.3 is 9.47 Å². The van der Waals surface area contributed by atoms with Gasteiger partial charge in [-0.3, -0.25) is 9.69 Å². The predicted molar refractivity (Wildman–Crippen MR) is 110 cm³/mol. The van der Waals surface area contributed by atoms with Gasteiger partial charge in [0, 0.05) is 12.5 Å². The lowest BCUT2D eigenvalue weighted by Gasteiger charge is -2.33. The van der Waals surface area contributed by atoms with E-state index in [0.717, 1.165) is 43.6 Å². The Morgan fingerprint density at radius 1 is 1.00 bits per heavy atom. The molecule has 0 radical (unpaired) electrons. The average Bonchev–Trinajstić information content (AvgIpc) is 3.05. The number of nitrogens with zero attached hydrogens (tertiary/aromatic N) is 1. The molecule has 1 saturated heterocycles. The number of hydrogen-bond acceptors (Lipinski definition) is 4. The standard InChI is InChI=1S/C24H29NO3/c1-27-21-9-8-19-15-20(23(26)22(19)24(21)28-2)14-17-10-12-25(13-11-17)16-18-6-4-3-5-7-18/h3-9,17,20H,10-16H2,1-2H3. The van der Waals surface area contributed by atoms with E-state index in [-0.39, 0.29) is 11.7 Å². The lowest BCUT2D eigenvalue weighted by atomic mass is 9.85. The summed E-state index contributed by atoms with van der Waals surface area (Å²) in [7, 11) is 3.23. The van der Waals surface area contributed by atoms with Gasteiger partial charge in [0.1, 0.15) is 0 Å². The minimum Gasteiger partial charge on any atom is -0.493 e. The fourth-order valence-electron chi connectivity index (χ4n) is 4.78. The minimum atomic E-state index is 0.0849. The molecule has 0 amide bonds. The summed E-state index contributed by atoms with van der Waals surface area (Å²) in [5.74, 6) is 2.19. The van der Waals surface area contributed by atoms with Gasteiger partial charge in [-0.05, 0) is 61.9 Å². The number of carbonyl (C=O) groups is 1. The largest absolute Gasteiger partial charge is 0.493 e. The number of ether oxygens (including phenoxy) is 2. The monoisotopic (exact) mass is 379 g/mol. The number of hydrogen-bond donors (Lipinski definition) is 0. The number of benzene rings is 2. The van der Waals surface area contributed by atoms with Gasteiger partial charge in [-0.15, -0.1) is 0 Å². The zero-order chi connectivity index (χ0) is 19.5. The van der Waals surface area contributed by atoms with Crippen LogP contribution in [0.5, 0.6) is 11.5 Å². The summed E-state index contributed by atoms with van der Waals surface area (Å²) in [5, 5.41) is 0. The Hall–Kier alpha value is -2.33. The van der Waals surface area contributed by atoms with Crippen molar-refractivity contribution in [3.63, 3.8) is 0 Å². The first-order valence-corrected chi connectivity index (χ1v) is 10.2. The second-order valence-corrected chi connectivity index (χ2v) is 8.04. The highest BCUT2D eigenvalue weighted by molar-refractivity contribution is 6.05. The van der Waals surface area contributed by atoms with Gasteiger partial charge >= 0.3 is 0 Å². The van der Waals surface area contributed by atoms with Crippen LogP contribution in [-0.2, 0) is 13.0 Å². The lowest BCUT2D eigenvalue weighted by Crippen LogP contribution is -2.34. The Kier molecular flexibility index (Phi) is 5.67. The molecule has 4 nitrogen and oxygen atoms in total. The number of fused-ring (bicyclic) bond motifs is 1. The van der Waals surface area contributed by atoms with Crippen molar-refractivity contribution in [3.8, 4) is 11.5 Å². The molecule has 148 valence electrons. The number of methoxy groups -OCH3 is 2. The van der Waals surface area contributed by atoms with E-state index < -0.39 is 0 Å². The van der Waals surface area contributed by atoms with E-state index in [4.69, 9.17) is 9.47 Å². The number of ketones is 1. The molecule has 2 aromatic rings. The highest BCUT2D eigenvalue weighted by Crippen LogP contribution is 2.42. The van der Waals surface area contributed by atoms with Gasteiger partial charge in [-0.25, -0.2) is 0 Å². The van der Waals surface area contributed by atoms with Crippen molar-refractivity contribution >= 4 is 5.78 Å². The normalized spacial score (nSPS) is 20.2. The Bertz CT molecular complexity index is 825. The summed E-state index contributed by atoms with van der Waals surface area (Å²) >= 11 is 0. The van der Waals surface area contributed by atoms with Gasteiger partial charge in [0.25, 0.3) is 0 Å². The number of likely N-dealkylation sites (tertiary alicyclic amines) is 1. The highest BCUT2D eigenvalue weighted by Gasteiger charge is 2.36. The zero-order valence-electron chi connectivity index (χ0n) is 16.8. The van der Waals surface area contributed by atoms with Crippen LogP contribution in [0.1, 0.15) is 40.7 Å². The van der Waals surface area contributed by atoms with Crippen LogP contribution in [0.4, 0.5) is 0 Å². The van der Waals surface area contributed by atoms with Crippen LogP contribution in [-0.4, -0.2) is 38.0 Å². The molecule has 4 heteroatoms. The molecule has 1 fully saturated rings. The van der Waals surface area contributed by atoms with Crippen LogP contribution in [0.2, 0.25) is 0 Å². The fraction of sp³-hybridized carbons (Fsp3) is 0.458. The third-order valence-corrected chi connectivity index (χ3v) is 6.29. The third kappa shape index (κ3) is 3.79. The number of Topliss-reactive ketones (excluding diaryl/α,β-unsaturated/α-hetero) is 1. The summed E-state index contributed by atoms with van der Waals surface area (Å²) in [6.45, 7) is 3.26. The quantitative estimate of drug-likeness (QED) is 0.747. The molecule has 0 bridgehead atoms. The van der Waals surface area contributed by atoms with E-state index in [1.54, 1.807) is 14.2 Å². The van der Waals surface area contributed by atoms with Crippen LogP contribution < -0.4 is 9.47 Å². The maximum absolute atomic E-state index is 13.1. The molecule has 0 N–H and O–H groups in total. The van der Waals surface area contributed by atoms with Gasteiger partial charge in [0.05, 0.1) is 19.8 Å². The summed E-state index contributed by atoms with van der Waals surface area (Å²) in [4.78, 5) is 15.6. The van der Waals surface area contributed by atoms with E-state index >= 15 is 0 Å². The van der Waals surface area contributed by atoms with E-state index in [1.807, 2.05) is 12.1 Å². The number of piperidine rings is 1. The molecule has 28 heavy (non-hydrogen) atoms. The minimum absolute atomic E-state index is 0.0849. The summed E-state index contributed by atoms with van der Waals surface area (Å²) in [6.07, 6.45) is 4.16. The smallest absolute Gasteiger partial charge is 0.171 e. The fourth-order valence-corrected chi connectivity index (χ4v) is 4.78. The molecule has 1 unspecified atom stereocenters. The molecule has 2 aromatic carbocycles. The van der Waals surface area contributed by atoms with Crippen LogP contribution in [0.25, 0.3) is 0 Å². The summed E-state index contributed by atoms with van der Waals surface area (Å²) in [6, 6.07) is 14.6. The molecule has 1 aliphatic heterocycles. The number of rotatable bonds is 6. The maximum atomic E-state index is 13.1. The van der Waals surface area contributed by atoms with E-state index in [1.165, 1.54) is 18.4 Å². The topological polar surface area (TPSA) is 38.8 Å². The van der Waals surface area contributed by atoms with Crippen LogP contribution in [0.15, 0.2) is 42.5 Å². The second-order valence-electron chi connectivity index (χ2n) is 8.04. The molecule has 0 saturated carbocycles. The molecule has 2 aliphatic rings. The molecule has 4 rings (SSSR count). The number of carbonyl (C=O) groups excluding carboxylic acids is 1. The van der Waals surface area contributed by atoms with Gasteiger partial charge in [0.15, 0.2) is 17.3 Å². The first kappa shape index (κ1) is 19.0. The van der Waals surface area contributed by atoms with Crippen molar-refractivity contribution in [2.45, 2.75) is 32.2 Å². The van der Waals surface area contributed by atoms with Crippen molar-refractivity contribution < 1.29 is 14.3 Å². The molecule has 1 atom stereocenters. The van der Waals surface area contributed by atoms with E-state index in [2.05, 4.69) is 35.2 Å². The average molecular weight is 380 g/mol. The Morgan fingerprint density at radius 3 is 2.43 bits per heavy atom. The van der Waals surface area contributed by atoms with Crippen molar-refractivity contribution in [1.82, 2.24) is 4.90 Å². The summed E-state index contributed by atoms with van der Waals surface area (Å²) in [5.41, 5.74) is 3.23. The molecular formula is C24H29NO3. The van der Waals surface area contributed by atoms with Crippen molar-refractivity contribution in [2.75, 3.05) is 27.3 Å². The van der Waals surface area contributed by atoms with Gasteiger partial charge in [-0.2, -0.15) is 0 Å². The SMILES string of the molecule is COc1ccc2c(c1OC)C(=O)C(CC1CCN(Cc3ccccc3)CC1)C2. The van der Waals surface area contributed by atoms with Crippen LogP contribution in [0, 0.1) is 11.8 Å². The molecular weight excluding hydrogens is 350 g/mol. The zero-order valence-corrected chi connectivity index (χ0v) is 16.8. The first-order chi connectivity index (χ1) is 13.7. The van der Waals surface area contributed by atoms with Gasteiger partial charge in [0.2, 0.25) is 0 Å². The Morgan fingerprint density at radius 2 is 1.75 bits per heavy atom. The Labute approximate surface area is 167 Å². The first-order valence-electron chi connectivity index (χ1n) is 10.2. The predicted octanol–water partition coefficient (Wildman–Crippen LogP) is 4.36. The molecule has 1 aliphatic carbocycles.